The van der Waals surface area contributed by atoms with Gasteiger partial charge in [0.2, 0.25) is 11.8 Å². The number of oxazole rings is 1. The molecule has 1 amide bonds. The molecule has 1 atom stereocenters. The highest BCUT2D eigenvalue weighted by Gasteiger charge is 2.33. The zero-order valence-electron chi connectivity index (χ0n) is 15.5. The van der Waals surface area contributed by atoms with Gasteiger partial charge in [0.15, 0.2) is 0 Å². The minimum absolute atomic E-state index is 0.148. The molecule has 0 saturated carbocycles. The third kappa shape index (κ3) is 4.32. The lowest BCUT2D eigenvalue weighted by Gasteiger charge is -2.22. The molecule has 1 fully saturated rings. The Morgan fingerprint density at radius 1 is 1.24 bits per heavy atom. The number of hydrogen-bond acceptors (Lipinski definition) is 5. The highest BCUT2D eigenvalue weighted by Crippen LogP contribution is 2.32. The number of nitrogens with one attached hydrogen (secondary N) is 1. The van der Waals surface area contributed by atoms with Crippen LogP contribution in [0.3, 0.4) is 0 Å². The number of aromatic nitrogens is 3. The number of carbonyl (C=O) groups excluding carboxylic acids is 1. The summed E-state index contributed by atoms with van der Waals surface area (Å²) in [5.74, 6) is 0.978. The maximum atomic E-state index is 12.8. The van der Waals surface area contributed by atoms with Gasteiger partial charge < -0.3 is 9.32 Å². The molecule has 150 valence electrons. The summed E-state index contributed by atoms with van der Waals surface area (Å²) in [4.78, 5) is 44.0. The first kappa shape index (κ1) is 19.2. The average Bonchev–Trinajstić information content (AvgIpc) is 3.35. The predicted molar refractivity (Wildman–Crippen MR) is 106 cm³/mol. The van der Waals surface area contributed by atoms with E-state index >= 15 is 0 Å². The van der Waals surface area contributed by atoms with Crippen LogP contribution in [0.5, 0.6) is 0 Å². The van der Waals surface area contributed by atoms with E-state index in [1.807, 2.05) is 24.3 Å². The van der Waals surface area contributed by atoms with Gasteiger partial charge >= 0.3 is 5.69 Å². The van der Waals surface area contributed by atoms with Gasteiger partial charge in [-0.1, -0.05) is 23.7 Å². The van der Waals surface area contributed by atoms with Crippen molar-refractivity contribution in [3.8, 4) is 0 Å². The Hall–Kier alpha value is -3.13. The highest BCUT2D eigenvalue weighted by atomic mass is 35.5. The molecule has 9 heteroatoms. The van der Waals surface area contributed by atoms with E-state index in [9.17, 15) is 14.4 Å². The van der Waals surface area contributed by atoms with E-state index in [0.717, 1.165) is 18.4 Å². The lowest BCUT2D eigenvalue weighted by Crippen LogP contribution is -2.38. The van der Waals surface area contributed by atoms with Gasteiger partial charge in [0, 0.05) is 30.3 Å². The first-order chi connectivity index (χ1) is 14.0. The van der Waals surface area contributed by atoms with Gasteiger partial charge in [-0.3, -0.25) is 19.1 Å². The van der Waals surface area contributed by atoms with Crippen molar-refractivity contribution in [3.05, 3.63) is 85.8 Å². The molecule has 1 aliphatic rings. The van der Waals surface area contributed by atoms with Gasteiger partial charge in [-0.25, -0.2) is 9.78 Å². The van der Waals surface area contributed by atoms with Gasteiger partial charge in [0.05, 0.1) is 6.20 Å². The van der Waals surface area contributed by atoms with Gasteiger partial charge in [-0.2, -0.15) is 0 Å². The summed E-state index contributed by atoms with van der Waals surface area (Å²) in [6, 6.07) is 8.46. The summed E-state index contributed by atoms with van der Waals surface area (Å²) in [5, 5.41) is 0.675. The molecule has 1 aromatic carbocycles. The molecule has 0 aliphatic carbocycles. The van der Waals surface area contributed by atoms with Crippen LogP contribution in [0.15, 0.2) is 56.7 Å². The van der Waals surface area contributed by atoms with Crippen molar-refractivity contribution in [2.75, 3.05) is 6.54 Å². The van der Waals surface area contributed by atoms with Crippen molar-refractivity contribution < 1.29 is 9.21 Å². The van der Waals surface area contributed by atoms with Crippen LogP contribution >= 0.6 is 11.6 Å². The summed E-state index contributed by atoms with van der Waals surface area (Å²) in [7, 11) is 0. The molecule has 0 spiro atoms. The fourth-order valence-electron chi connectivity index (χ4n) is 3.49. The number of likely N-dealkylation sites (tertiary alicyclic amines) is 1. The third-order valence-corrected chi connectivity index (χ3v) is 5.18. The molecule has 3 aromatic rings. The third-order valence-electron chi connectivity index (χ3n) is 4.92. The number of halogens is 1. The summed E-state index contributed by atoms with van der Waals surface area (Å²) in [6.45, 7) is 0.418. The molecule has 1 saturated heterocycles. The molecule has 1 aliphatic heterocycles. The van der Waals surface area contributed by atoms with Crippen LogP contribution in [-0.4, -0.2) is 31.9 Å². The van der Waals surface area contributed by atoms with Crippen LogP contribution < -0.4 is 11.2 Å². The second-order valence-electron chi connectivity index (χ2n) is 6.95. The number of carbonyl (C=O) groups is 1. The Bertz CT molecular complexity index is 1130. The minimum atomic E-state index is -0.608. The number of nitrogens with zero attached hydrogens (tertiary/aromatic N) is 3. The quantitative estimate of drug-likeness (QED) is 0.689. The lowest BCUT2D eigenvalue weighted by molar-refractivity contribution is -0.133. The van der Waals surface area contributed by atoms with Crippen molar-refractivity contribution >= 4 is 17.5 Å². The maximum absolute atomic E-state index is 12.8. The molecule has 1 unspecified atom stereocenters. The maximum Gasteiger partial charge on any atom is 0.328 e. The van der Waals surface area contributed by atoms with E-state index in [1.165, 1.54) is 16.8 Å². The zero-order chi connectivity index (χ0) is 20.4. The van der Waals surface area contributed by atoms with Crippen LogP contribution in [0.1, 0.15) is 36.1 Å². The second kappa shape index (κ2) is 8.08. The van der Waals surface area contributed by atoms with Crippen LogP contribution in [0, 0.1) is 0 Å². The average molecular weight is 415 g/mol. The van der Waals surface area contributed by atoms with Crippen molar-refractivity contribution in [3.63, 3.8) is 0 Å². The van der Waals surface area contributed by atoms with E-state index in [0.29, 0.717) is 29.6 Å². The lowest BCUT2D eigenvalue weighted by atomic mass is 10.1. The molecule has 0 radical (unpaired) electrons. The summed E-state index contributed by atoms with van der Waals surface area (Å²) < 4.78 is 7.10. The Labute approximate surface area is 170 Å². The number of amides is 1. The predicted octanol–water partition coefficient (Wildman–Crippen LogP) is 2.13. The van der Waals surface area contributed by atoms with Crippen molar-refractivity contribution in [1.29, 1.82) is 0 Å². The van der Waals surface area contributed by atoms with E-state index in [-0.39, 0.29) is 18.5 Å². The Kier molecular flexibility index (Phi) is 5.35. The fourth-order valence-corrected chi connectivity index (χ4v) is 3.62. The highest BCUT2D eigenvalue weighted by molar-refractivity contribution is 6.30. The number of hydrogen-bond donors (Lipinski definition) is 1. The number of rotatable bonds is 5. The van der Waals surface area contributed by atoms with E-state index in [2.05, 4.69) is 9.97 Å². The smallest absolute Gasteiger partial charge is 0.328 e. The molecule has 0 bridgehead atoms. The van der Waals surface area contributed by atoms with Gasteiger partial charge in [0.25, 0.3) is 5.56 Å². The number of benzene rings is 1. The topological polar surface area (TPSA) is 101 Å². The van der Waals surface area contributed by atoms with Crippen LogP contribution in [0.4, 0.5) is 0 Å². The van der Waals surface area contributed by atoms with Crippen LogP contribution in [-0.2, 0) is 17.8 Å². The molecule has 8 nitrogen and oxygen atoms in total. The number of H-pyrrole nitrogens is 1. The Balaban J connectivity index is 1.47. The zero-order valence-corrected chi connectivity index (χ0v) is 16.3. The van der Waals surface area contributed by atoms with Crippen LogP contribution in [0.25, 0.3) is 0 Å². The molecule has 4 rings (SSSR count). The molecular weight excluding hydrogens is 396 g/mol. The van der Waals surface area contributed by atoms with Crippen molar-refractivity contribution in [2.45, 2.75) is 31.8 Å². The van der Waals surface area contributed by atoms with Crippen molar-refractivity contribution in [2.24, 2.45) is 0 Å². The van der Waals surface area contributed by atoms with Gasteiger partial charge in [-0.15, -0.1) is 0 Å². The monoisotopic (exact) mass is 414 g/mol. The minimum Gasteiger partial charge on any atom is -0.443 e. The summed E-state index contributed by atoms with van der Waals surface area (Å²) in [6.07, 6.45) is 5.15. The van der Waals surface area contributed by atoms with Gasteiger partial charge in [-0.05, 0) is 30.5 Å². The Morgan fingerprint density at radius 2 is 2.03 bits per heavy atom. The van der Waals surface area contributed by atoms with Gasteiger partial charge in [0.1, 0.15) is 18.3 Å². The SMILES string of the molecule is O=C(Cn1ccc(=O)[nH]c1=O)N1CCCC1c1ncc(Cc2ccc(Cl)cc2)o1. The molecular formula is C20H19ClN4O4. The second-order valence-corrected chi connectivity index (χ2v) is 7.39. The summed E-state index contributed by atoms with van der Waals surface area (Å²) in [5.41, 5.74) is -0.0531. The Morgan fingerprint density at radius 3 is 2.79 bits per heavy atom. The first-order valence-corrected chi connectivity index (χ1v) is 9.66. The van der Waals surface area contributed by atoms with E-state index in [4.69, 9.17) is 16.0 Å². The fraction of sp³-hybridized carbons (Fsp3) is 0.300. The van der Waals surface area contributed by atoms with E-state index < -0.39 is 11.2 Å². The molecule has 29 heavy (non-hydrogen) atoms. The summed E-state index contributed by atoms with van der Waals surface area (Å²) >= 11 is 5.91. The van der Waals surface area contributed by atoms with Crippen LogP contribution in [0.2, 0.25) is 5.02 Å². The largest absolute Gasteiger partial charge is 0.443 e. The normalized spacial score (nSPS) is 16.3. The molecule has 2 aromatic heterocycles. The molecule has 3 heterocycles. The number of aromatic amines is 1. The van der Waals surface area contributed by atoms with E-state index in [1.54, 1.807) is 11.1 Å². The first-order valence-electron chi connectivity index (χ1n) is 9.28. The molecule has 1 N–H and O–H groups in total. The standard InChI is InChI=1S/C20H19ClN4O4/c21-14-5-3-13(4-6-14)10-15-11-22-19(29-15)16-2-1-8-25(16)18(27)12-24-9-7-17(26)23-20(24)28/h3-7,9,11,16H,1-2,8,10,12H2,(H,23,26,28). The van der Waals surface area contributed by atoms with Crippen molar-refractivity contribution in [1.82, 2.24) is 19.4 Å².